The molecule has 110 valence electrons. The van der Waals surface area contributed by atoms with Gasteiger partial charge in [-0.3, -0.25) is 9.59 Å². The summed E-state index contributed by atoms with van der Waals surface area (Å²) in [5.41, 5.74) is 0. The van der Waals surface area contributed by atoms with Crippen molar-refractivity contribution in [1.82, 2.24) is 5.32 Å². The van der Waals surface area contributed by atoms with E-state index in [1.54, 1.807) is 0 Å². The molecule has 0 aromatic carbocycles. The van der Waals surface area contributed by atoms with Crippen LogP contribution in [0.1, 0.15) is 64.7 Å². The number of carbonyl (C=O) groups excluding carboxylic acids is 1. The van der Waals surface area contributed by atoms with Crippen LogP contribution in [0.3, 0.4) is 0 Å². The van der Waals surface area contributed by atoms with E-state index in [0.717, 1.165) is 12.8 Å². The van der Waals surface area contributed by atoms with Crippen LogP contribution >= 0.6 is 0 Å². The predicted molar refractivity (Wildman–Crippen MR) is 77.0 cm³/mol. The molecule has 0 saturated heterocycles. The molecule has 0 rings (SSSR count). The Morgan fingerprint density at radius 1 is 1.05 bits per heavy atom. The third-order valence-corrected chi connectivity index (χ3v) is 2.83. The van der Waals surface area contributed by atoms with Crippen molar-refractivity contribution in [2.75, 3.05) is 6.54 Å². The first-order chi connectivity index (χ1) is 9.16. The van der Waals surface area contributed by atoms with Gasteiger partial charge in [-0.15, -0.1) is 0 Å². The zero-order valence-electron chi connectivity index (χ0n) is 12.0. The molecular formula is C15H27NO3. The van der Waals surface area contributed by atoms with Gasteiger partial charge in [0.25, 0.3) is 0 Å². The second-order valence-corrected chi connectivity index (χ2v) is 4.73. The highest BCUT2D eigenvalue weighted by molar-refractivity contribution is 5.77. The third-order valence-electron chi connectivity index (χ3n) is 2.83. The number of hydrogen-bond donors (Lipinski definition) is 2. The van der Waals surface area contributed by atoms with E-state index in [-0.39, 0.29) is 12.3 Å². The van der Waals surface area contributed by atoms with Crippen molar-refractivity contribution in [1.29, 1.82) is 0 Å². The molecule has 0 aromatic heterocycles. The second kappa shape index (κ2) is 13.1. The Hall–Kier alpha value is -1.32. The molecule has 4 nitrogen and oxygen atoms in total. The summed E-state index contributed by atoms with van der Waals surface area (Å²) in [6, 6.07) is 0. The van der Waals surface area contributed by atoms with Crippen LogP contribution in [0, 0.1) is 0 Å². The number of unbranched alkanes of at least 4 members (excludes halogenated alkanes) is 5. The SMILES string of the molecule is CCCCCCC=CCC(=O)NCCCCC(=O)O. The number of amides is 1. The molecular weight excluding hydrogens is 242 g/mol. The van der Waals surface area contributed by atoms with Crippen LogP contribution in [0.25, 0.3) is 0 Å². The Balaban J connectivity index is 3.33. The minimum absolute atomic E-state index is 0.0140. The highest BCUT2D eigenvalue weighted by atomic mass is 16.4. The Kier molecular flexibility index (Phi) is 12.2. The van der Waals surface area contributed by atoms with E-state index in [1.807, 2.05) is 6.08 Å². The minimum Gasteiger partial charge on any atom is -0.481 e. The van der Waals surface area contributed by atoms with Gasteiger partial charge in [-0.2, -0.15) is 0 Å². The van der Waals surface area contributed by atoms with Crippen LogP contribution in [0.4, 0.5) is 0 Å². The van der Waals surface area contributed by atoms with Crippen LogP contribution in [-0.4, -0.2) is 23.5 Å². The van der Waals surface area contributed by atoms with Gasteiger partial charge in [0.2, 0.25) is 5.91 Å². The molecule has 0 bridgehead atoms. The first-order valence-electron chi connectivity index (χ1n) is 7.30. The van der Waals surface area contributed by atoms with Crippen LogP contribution in [0.15, 0.2) is 12.2 Å². The number of nitrogens with one attached hydrogen (secondary N) is 1. The first-order valence-corrected chi connectivity index (χ1v) is 7.30. The van der Waals surface area contributed by atoms with Crippen molar-refractivity contribution in [2.45, 2.75) is 64.7 Å². The largest absolute Gasteiger partial charge is 0.481 e. The quantitative estimate of drug-likeness (QED) is 0.422. The normalized spacial score (nSPS) is 10.8. The van der Waals surface area contributed by atoms with E-state index in [9.17, 15) is 9.59 Å². The fourth-order valence-corrected chi connectivity index (χ4v) is 1.70. The van der Waals surface area contributed by atoms with Crippen molar-refractivity contribution in [3.63, 3.8) is 0 Å². The number of carboxylic acids is 1. The summed E-state index contributed by atoms with van der Waals surface area (Å²) in [4.78, 5) is 21.7. The molecule has 0 aliphatic rings. The number of rotatable bonds is 12. The van der Waals surface area contributed by atoms with Gasteiger partial charge in [0.1, 0.15) is 0 Å². The van der Waals surface area contributed by atoms with Crippen molar-refractivity contribution >= 4 is 11.9 Å². The van der Waals surface area contributed by atoms with Gasteiger partial charge in [0, 0.05) is 19.4 Å². The molecule has 2 N–H and O–H groups in total. The predicted octanol–water partition coefficient (Wildman–Crippen LogP) is 3.27. The highest BCUT2D eigenvalue weighted by Gasteiger charge is 1.99. The number of allylic oxidation sites excluding steroid dienone is 1. The topological polar surface area (TPSA) is 66.4 Å². The standard InChI is InChI=1S/C15H27NO3/c1-2-3-4-5-6-7-8-11-14(17)16-13-10-9-12-15(18)19/h7-8H,2-6,9-13H2,1H3,(H,16,17)(H,18,19). The Morgan fingerprint density at radius 3 is 2.53 bits per heavy atom. The summed E-state index contributed by atoms with van der Waals surface area (Å²) < 4.78 is 0. The smallest absolute Gasteiger partial charge is 0.303 e. The van der Waals surface area contributed by atoms with Gasteiger partial charge in [-0.1, -0.05) is 38.3 Å². The average Bonchev–Trinajstić information content (AvgIpc) is 2.37. The average molecular weight is 269 g/mol. The van der Waals surface area contributed by atoms with E-state index in [0.29, 0.717) is 19.4 Å². The molecule has 0 spiro atoms. The third kappa shape index (κ3) is 14.6. The van der Waals surface area contributed by atoms with E-state index < -0.39 is 5.97 Å². The van der Waals surface area contributed by atoms with Crippen molar-refractivity contribution < 1.29 is 14.7 Å². The maximum Gasteiger partial charge on any atom is 0.303 e. The number of carboxylic acid groups (broad SMARTS) is 1. The van der Waals surface area contributed by atoms with Crippen LogP contribution in [0.5, 0.6) is 0 Å². The summed E-state index contributed by atoms with van der Waals surface area (Å²) in [6.45, 7) is 2.76. The molecule has 0 radical (unpaired) electrons. The van der Waals surface area contributed by atoms with Crippen molar-refractivity contribution in [2.24, 2.45) is 0 Å². The highest BCUT2D eigenvalue weighted by Crippen LogP contribution is 2.03. The zero-order chi connectivity index (χ0) is 14.3. The molecule has 0 unspecified atom stereocenters. The summed E-state index contributed by atoms with van der Waals surface area (Å²) in [7, 11) is 0. The molecule has 0 aliphatic carbocycles. The second-order valence-electron chi connectivity index (χ2n) is 4.73. The molecule has 0 fully saturated rings. The van der Waals surface area contributed by atoms with E-state index in [4.69, 9.17) is 5.11 Å². The Bertz CT molecular complexity index is 275. The monoisotopic (exact) mass is 269 g/mol. The fourth-order valence-electron chi connectivity index (χ4n) is 1.70. The van der Waals surface area contributed by atoms with Crippen LogP contribution in [-0.2, 0) is 9.59 Å². The lowest BCUT2D eigenvalue weighted by Gasteiger charge is -2.02. The maximum absolute atomic E-state index is 11.4. The minimum atomic E-state index is -0.780. The molecule has 0 atom stereocenters. The van der Waals surface area contributed by atoms with Crippen LogP contribution < -0.4 is 5.32 Å². The Labute approximate surface area is 116 Å². The molecule has 1 amide bonds. The first kappa shape index (κ1) is 17.7. The number of aliphatic carboxylic acids is 1. The maximum atomic E-state index is 11.4. The van der Waals surface area contributed by atoms with Gasteiger partial charge < -0.3 is 10.4 Å². The number of carbonyl (C=O) groups is 2. The molecule has 0 heterocycles. The van der Waals surface area contributed by atoms with Crippen molar-refractivity contribution in [3.05, 3.63) is 12.2 Å². The lowest BCUT2D eigenvalue weighted by molar-refractivity contribution is -0.137. The molecule has 0 aromatic rings. The summed E-state index contributed by atoms with van der Waals surface area (Å²) >= 11 is 0. The van der Waals surface area contributed by atoms with E-state index in [1.165, 1.54) is 25.7 Å². The van der Waals surface area contributed by atoms with Gasteiger partial charge in [-0.25, -0.2) is 0 Å². The lowest BCUT2D eigenvalue weighted by atomic mass is 10.1. The van der Waals surface area contributed by atoms with Crippen LogP contribution in [0.2, 0.25) is 0 Å². The van der Waals surface area contributed by atoms with Gasteiger partial charge in [-0.05, 0) is 25.7 Å². The lowest BCUT2D eigenvalue weighted by Crippen LogP contribution is -2.23. The number of hydrogen-bond acceptors (Lipinski definition) is 2. The van der Waals surface area contributed by atoms with Gasteiger partial charge >= 0.3 is 5.97 Å². The van der Waals surface area contributed by atoms with E-state index >= 15 is 0 Å². The van der Waals surface area contributed by atoms with E-state index in [2.05, 4.69) is 18.3 Å². The van der Waals surface area contributed by atoms with Crippen molar-refractivity contribution in [3.8, 4) is 0 Å². The molecule has 19 heavy (non-hydrogen) atoms. The molecule has 0 saturated carbocycles. The summed E-state index contributed by atoms with van der Waals surface area (Å²) in [6.07, 6.45) is 11.9. The summed E-state index contributed by atoms with van der Waals surface area (Å²) in [5, 5.41) is 11.2. The Morgan fingerprint density at radius 2 is 1.84 bits per heavy atom. The zero-order valence-corrected chi connectivity index (χ0v) is 12.0. The van der Waals surface area contributed by atoms with Gasteiger partial charge in [0.05, 0.1) is 0 Å². The molecule has 4 heteroatoms. The van der Waals surface area contributed by atoms with Gasteiger partial charge in [0.15, 0.2) is 0 Å². The fraction of sp³-hybridized carbons (Fsp3) is 0.733. The summed E-state index contributed by atoms with van der Waals surface area (Å²) in [5.74, 6) is -0.766. The molecule has 0 aliphatic heterocycles.